The first-order chi connectivity index (χ1) is 11.3. The molecule has 124 valence electrons. The number of aromatic nitrogens is 1. The molecule has 0 atom stereocenters. The number of hydrogen-bond acceptors (Lipinski definition) is 6. The van der Waals surface area contributed by atoms with Crippen molar-refractivity contribution in [2.75, 3.05) is 11.6 Å². The van der Waals surface area contributed by atoms with Gasteiger partial charge < -0.3 is 9.73 Å². The van der Waals surface area contributed by atoms with Crippen LogP contribution in [0.4, 0.5) is 5.69 Å². The molecule has 0 radical (unpaired) electrons. The average Bonchev–Trinajstić information content (AvgIpc) is 3.15. The monoisotopic (exact) mass is 362 g/mol. The van der Waals surface area contributed by atoms with Gasteiger partial charge in [0.1, 0.15) is 5.76 Å². The number of sulfone groups is 1. The number of amides is 1. The van der Waals surface area contributed by atoms with Crippen molar-refractivity contribution >= 4 is 32.8 Å². The minimum Gasteiger partial charge on any atom is -0.440 e. The molecule has 0 saturated carbocycles. The fourth-order valence-electron chi connectivity index (χ4n) is 2.11. The second-order valence-electron chi connectivity index (χ2n) is 5.16. The summed E-state index contributed by atoms with van der Waals surface area (Å²) >= 11 is 1.46. The van der Waals surface area contributed by atoms with Gasteiger partial charge in [-0.05, 0) is 36.6 Å². The molecule has 1 N–H and O–H groups in total. The number of carbonyl (C=O) groups is 1. The van der Waals surface area contributed by atoms with Crippen LogP contribution < -0.4 is 5.32 Å². The predicted octanol–water partition coefficient (Wildman–Crippen LogP) is 3.37. The number of anilines is 1. The number of benzene rings is 1. The van der Waals surface area contributed by atoms with Crippen LogP contribution in [0.5, 0.6) is 0 Å². The Morgan fingerprint density at radius 2 is 2.04 bits per heavy atom. The van der Waals surface area contributed by atoms with E-state index in [0.29, 0.717) is 17.3 Å². The van der Waals surface area contributed by atoms with Crippen LogP contribution in [-0.2, 0) is 9.84 Å². The van der Waals surface area contributed by atoms with Crippen LogP contribution in [0.3, 0.4) is 0 Å². The fourth-order valence-corrected chi connectivity index (χ4v) is 3.42. The number of hydrogen-bond donors (Lipinski definition) is 1. The van der Waals surface area contributed by atoms with Gasteiger partial charge in [0, 0.05) is 11.9 Å². The lowest BCUT2D eigenvalue weighted by atomic mass is 10.3. The number of oxazole rings is 1. The van der Waals surface area contributed by atoms with Gasteiger partial charge in [-0.1, -0.05) is 12.1 Å². The lowest BCUT2D eigenvalue weighted by molar-refractivity contribution is 0.102. The van der Waals surface area contributed by atoms with Crippen LogP contribution in [0, 0.1) is 6.92 Å². The fraction of sp³-hybridized carbons (Fsp3) is 0.125. The Labute approximate surface area is 143 Å². The van der Waals surface area contributed by atoms with Crippen molar-refractivity contribution in [2.45, 2.75) is 11.8 Å². The lowest BCUT2D eigenvalue weighted by Gasteiger charge is -2.05. The molecule has 3 rings (SSSR count). The van der Waals surface area contributed by atoms with Gasteiger partial charge in [0.2, 0.25) is 5.89 Å². The van der Waals surface area contributed by atoms with Gasteiger partial charge in [0.25, 0.3) is 5.91 Å². The van der Waals surface area contributed by atoms with Crippen molar-refractivity contribution in [3.05, 3.63) is 53.2 Å². The van der Waals surface area contributed by atoms with E-state index in [4.69, 9.17) is 4.42 Å². The molecule has 0 spiro atoms. The summed E-state index contributed by atoms with van der Waals surface area (Å²) in [7, 11) is -3.34. The summed E-state index contributed by atoms with van der Waals surface area (Å²) in [6.45, 7) is 1.66. The summed E-state index contributed by atoms with van der Waals surface area (Å²) in [6, 6.07) is 9.79. The number of carbonyl (C=O) groups excluding carboxylic acids is 1. The lowest BCUT2D eigenvalue weighted by Crippen LogP contribution is -2.14. The highest BCUT2D eigenvalue weighted by molar-refractivity contribution is 7.90. The zero-order valence-corrected chi connectivity index (χ0v) is 14.6. The van der Waals surface area contributed by atoms with E-state index in [1.165, 1.54) is 23.5 Å². The van der Waals surface area contributed by atoms with Crippen molar-refractivity contribution in [1.82, 2.24) is 4.98 Å². The summed E-state index contributed by atoms with van der Waals surface area (Å²) in [4.78, 5) is 17.6. The minimum absolute atomic E-state index is 0.136. The Balaban J connectivity index is 1.86. The number of thiophene rings is 1. The Bertz CT molecular complexity index is 989. The van der Waals surface area contributed by atoms with Gasteiger partial charge in [-0.2, -0.15) is 0 Å². The Morgan fingerprint density at radius 1 is 1.25 bits per heavy atom. The minimum atomic E-state index is -3.34. The third-order valence-electron chi connectivity index (χ3n) is 3.26. The molecule has 8 heteroatoms. The van der Waals surface area contributed by atoms with Crippen LogP contribution in [0.25, 0.3) is 10.8 Å². The van der Waals surface area contributed by atoms with Gasteiger partial charge in [-0.3, -0.25) is 4.79 Å². The molecule has 0 aliphatic heterocycles. The molecule has 3 aromatic rings. The maximum atomic E-state index is 12.4. The van der Waals surface area contributed by atoms with E-state index in [1.54, 1.807) is 19.1 Å². The summed E-state index contributed by atoms with van der Waals surface area (Å²) in [5.41, 5.74) is 0.547. The number of aryl methyl sites for hydroxylation is 1. The molecular weight excluding hydrogens is 348 g/mol. The molecule has 0 aliphatic rings. The van der Waals surface area contributed by atoms with E-state index in [1.807, 2.05) is 17.5 Å². The second-order valence-corrected chi connectivity index (χ2v) is 8.12. The molecule has 1 amide bonds. The Morgan fingerprint density at radius 3 is 2.71 bits per heavy atom. The Hall–Kier alpha value is -2.45. The molecule has 0 unspecified atom stereocenters. The molecule has 6 nitrogen and oxygen atoms in total. The largest absolute Gasteiger partial charge is 0.440 e. The SMILES string of the molecule is Cc1oc(-c2cccs2)nc1C(=O)Nc1cccc(S(C)(=O)=O)c1. The topological polar surface area (TPSA) is 89.3 Å². The van der Waals surface area contributed by atoms with E-state index in [9.17, 15) is 13.2 Å². The number of rotatable bonds is 4. The maximum Gasteiger partial charge on any atom is 0.277 e. The standard InChI is InChI=1S/C16H14N2O4S2/c1-10-14(18-16(22-10)13-7-4-8-23-13)15(19)17-11-5-3-6-12(9-11)24(2,20)21/h3-9H,1-2H3,(H,17,19). The van der Waals surface area contributed by atoms with E-state index in [2.05, 4.69) is 10.3 Å². The van der Waals surface area contributed by atoms with Crippen LogP contribution in [0.15, 0.2) is 51.1 Å². The highest BCUT2D eigenvalue weighted by Gasteiger charge is 2.19. The molecule has 0 fully saturated rings. The summed E-state index contributed by atoms with van der Waals surface area (Å²) in [5.74, 6) is 0.331. The number of nitrogens with zero attached hydrogens (tertiary/aromatic N) is 1. The third kappa shape index (κ3) is 3.39. The quantitative estimate of drug-likeness (QED) is 0.768. The molecule has 2 heterocycles. The molecule has 2 aromatic heterocycles. The second kappa shape index (κ2) is 6.21. The molecule has 24 heavy (non-hydrogen) atoms. The van der Waals surface area contributed by atoms with Crippen LogP contribution in [0.1, 0.15) is 16.2 Å². The van der Waals surface area contributed by atoms with Crippen LogP contribution in [0.2, 0.25) is 0 Å². The highest BCUT2D eigenvalue weighted by Crippen LogP contribution is 2.26. The van der Waals surface area contributed by atoms with Gasteiger partial charge in [0.15, 0.2) is 15.5 Å². The van der Waals surface area contributed by atoms with Gasteiger partial charge >= 0.3 is 0 Å². The van der Waals surface area contributed by atoms with Crippen LogP contribution >= 0.6 is 11.3 Å². The Kier molecular flexibility index (Phi) is 4.25. The first kappa shape index (κ1) is 16.4. The molecular formula is C16H14N2O4S2. The maximum absolute atomic E-state index is 12.4. The zero-order chi connectivity index (χ0) is 17.3. The van der Waals surface area contributed by atoms with Crippen molar-refractivity contribution in [1.29, 1.82) is 0 Å². The van der Waals surface area contributed by atoms with E-state index < -0.39 is 15.7 Å². The van der Waals surface area contributed by atoms with E-state index >= 15 is 0 Å². The van der Waals surface area contributed by atoms with Gasteiger partial charge in [0.05, 0.1) is 9.77 Å². The molecule has 0 bridgehead atoms. The number of nitrogens with one attached hydrogen (secondary N) is 1. The average molecular weight is 362 g/mol. The first-order valence-corrected chi connectivity index (χ1v) is 9.74. The van der Waals surface area contributed by atoms with Crippen LogP contribution in [-0.4, -0.2) is 25.6 Å². The third-order valence-corrected chi connectivity index (χ3v) is 5.23. The van der Waals surface area contributed by atoms with Crippen molar-refractivity contribution in [3.8, 4) is 10.8 Å². The highest BCUT2D eigenvalue weighted by atomic mass is 32.2. The van der Waals surface area contributed by atoms with E-state index in [-0.39, 0.29) is 10.6 Å². The van der Waals surface area contributed by atoms with Crippen molar-refractivity contribution in [2.24, 2.45) is 0 Å². The smallest absolute Gasteiger partial charge is 0.277 e. The van der Waals surface area contributed by atoms with Gasteiger partial charge in [-0.15, -0.1) is 11.3 Å². The normalized spacial score (nSPS) is 11.4. The van der Waals surface area contributed by atoms with Crippen molar-refractivity contribution < 1.29 is 17.6 Å². The van der Waals surface area contributed by atoms with Gasteiger partial charge in [-0.25, -0.2) is 13.4 Å². The predicted molar refractivity (Wildman–Crippen MR) is 92.1 cm³/mol. The zero-order valence-electron chi connectivity index (χ0n) is 12.9. The first-order valence-electron chi connectivity index (χ1n) is 6.97. The summed E-state index contributed by atoms with van der Waals surface area (Å²) in [6.07, 6.45) is 1.11. The van der Waals surface area contributed by atoms with Crippen molar-refractivity contribution in [3.63, 3.8) is 0 Å². The molecule has 0 saturated heterocycles. The van der Waals surface area contributed by atoms with E-state index in [0.717, 1.165) is 11.1 Å². The molecule has 0 aliphatic carbocycles. The summed E-state index contributed by atoms with van der Waals surface area (Å²) < 4.78 is 28.7. The molecule has 1 aromatic carbocycles. The summed E-state index contributed by atoms with van der Waals surface area (Å²) in [5, 5.41) is 4.54.